The molecule has 0 aromatic heterocycles. The zero-order chi connectivity index (χ0) is 14.1. The highest BCUT2D eigenvalue weighted by Gasteiger charge is 2.06. The summed E-state index contributed by atoms with van der Waals surface area (Å²) < 4.78 is 0. The van der Waals surface area contributed by atoms with Crippen molar-refractivity contribution < 1.29 is 9.90 Å². The van der Waals surface area contributed by atoms with Crippen LogP contribution in [0.1, 0.15) is 33.3 Å². The Morgan fingerprint density at radius 1 is 1.39 bits per heavy atom. The van der Waals surface area contributed by atoms with E-state index in [1.54, 1.807) is 25.1 Å². The third-order valence-corrected chi connectivity index (χ3v) is 1.97. The number of allylic oxidation sites excluding steroid dienone is 1. The quantitative estimate of drug-likeness (QED) is 0.636. The third-order valence-electron chi connectivity index (χ3n) is 1.97. The normalized spacial score (nSPS) is 10.8. The van der Waals surface area contributed by atoms with Crippen molar-refractivity contribution in [1.82, 2.24) is 0 Å². The molecule has 0 atom stereocenters. The maximum absolute atomic E-state index is 10.7. The number of carboxylic acid groups (broad SMARTS) is 1. The first-order valence-corrected chi connectivity index (χ1v) is 6.09. The standard InChI is InChI=1S/C11H13NO2.C4H10/c1-2-9(11(13)14)6-8-4-3-5-10(12)7-8;1-4(2)3/h2-5,7H,6,12H2,1H3,(H,13,14);4H,1-3H3/b9-2+;. The van der Waals surface area contributed by atoms with Gasteiger partial charge in [0, 0.05) is 17.7 Å². The van der Waals surface area contributed by atoms with Crippen LogP contribution in [-0.2, 0) is 11.2 Å². The fraction of sp³-hybridized carbons (Fsp3) is 0.400. The first-order chi connectivity index (χ1) is 8.36. The first-order valence-electron chi connectivity index (χ1n) is 6.09. The molecule has 0 unspecified atom stereocenters. The summed E-state index contributed by atoms with van der Waals surface area (Å²) in [5.41, 5.74) is 7.54. The SMILES string of the molecule is C/C=C(\Cc1cccc(N)c1)C(=O)O.CC(C)C. The van der Waals surface area contributed by atoms with Gasteiger partial charge in [-0.1, -0.05) is 39.0 Å². The van der Waals surface area contributed by atoms with Crippen LogP contribution < -0.4 is 5.73 Å². The second-order valence-corrected chi connectivity index (χ2v) is 4.77. The van der Waals surface area contributed by atoms with Crippen LogP contribution in [0.3, 0.4) is 0 Å². The second-order valence-electron chi connectivity index (χ2n) is 4.77. The molecule has 0 aliphatic rings. The highest BCUT2D eigenvalue weighted by atomic mass is 16.4. The van der Waals surface area contributed by atoms with Gasteiger partial charge in [0.2, 0.25) is 0 Å². The Balaban J connectivity index is 0.000000631. The lowest BCUT2D eigenvalue weighted by atomic mass is 10.0. The van der Waals surface area contributed by atoms with Crippen LogP contribution >= 0.6 is 0 Å². The lowest BCUT2D eigenvalue weighted by Crippen LogP contribution is -2.03. The molecule has 3 N–H and O–H groups in total. The molecule has 0 saturated heterocycles. The molecule has 1 rings (SSSR count). The van der Waals surface area contributed by atoms with Crippen molar-refractivity contribution in [2.24, 2.45) is 5.92 Å². The molecular weight excluding hydrogens is 226 g/mol. The highest BCUT2D eigenvalue weighted by molar-refractivity contribution is 5.87. The van der Waals surface area contributed by atoms with Gasteiger partial charge in [-0.15, -0.1) is 0 Å². The summed E-state index contributed by atoms with van der Waals surface area (Å²) >= 11 is 0. The average molecular weight is 249 g/mol. The fourth-order valence-electron chi connectivity index (χ4n) is 1.22. The van der Waals surface area contributed by atoms with Crippen molar-refractivity contribution in [3.8, 4) is 0 Å². The molecule has 0 aliphatic heterocycles. The van der Waals surface area contributed by atoms with Gasteiger partial charge < -0.3 is 10.8 Å². The van der Waals surface area contributed by atoms with E-state index in [4.69, 9.17) is 10.8 Å². The van der Waals surface area contributed by atoms with E-state index in [0.717, 1.165) is 11.5 Å². The van der Waals surface area contributed by atoms with Gasteiger partial charge in [0.05, 0.1) is 0 Å². The van der Waals surface area contributed by atoms with Gasteiger partial charge in [0.15, 0.2) is 0 Å². The second kappa shape index (κ2) is 8.34. The number of nitrogen functional groups attached to an aromatic ring is 1. The smallest absolute Gasteiger partial charge is 0.331 e. The summed E-state index contributed by atoms with van der Waals surface area (Å²) in [4.78, 5) is 10.7. The minimum absolute atomic E-state index is 0.385. The van der Waals surface area contributed by atoms with E-state index in [2.05, 4.69) is 20.8 Å². The zero-order valence-corrected chi connectivity index (χ0v) is 11.6. The Morgan fingerprint density at radius 2 is 1.94 bits per heavy atom. The summed E-state index contributed by atoms with van der Waals surface area (Å²) in [5, 5.41) is 8.80. The minimum Gasteiger partial charge on any atom is -0.478 e. The van der Waals surface area contributed by atoms with E-state index in [9.17, 15) is 4.79 Å². The first kappa shape index (κ1) is 16.2. The summed E-state index contributed by atoms with van der Waals surface area (Å²) in [7, 11) is 0. The van der Waals surface area contributed by atoms with E-state index < -0.39 is 5.97 Å². The average Bonchev–Trinajstić information content (AvgIpc) is 2.24. The molecule has 0 amide bonds. The Kier molecular flexibility index (Phi) is 7.52. The predicted molar refractivity (Wildman–Crippen MR) is 76.5 cm³/mol. The van der Waals surface area contributed by atoms with Crippen molar-refractivity contribution in [1.29, 1.82) is 0 Å². The maximum atomic E-state index is 10.7. The number of hydrogen-bond acceptors (Lipinski definition) is 2. The molecule has 0 bridgehead atoms. The van der Waals surface area contributed by atoms with Crippen molar-refractivity contribution >= 4 is 11.7 Å². The third kappa shape index (κ3) is 7.49. The van der Waals surface area contributed by atoms with Crippen LogP contribution in [-0.4, -0.2) is 11.1 Å². The highest BCUT2D eigenvalue weighted by Crippen LogP contribution is 2.11. The van der Waals surface area contributed by atoms with Crippen LogP contribution in [0, 0.1) is 5.92 Å². The van der Waals surface area contributed by atoms with Crippen LogP contribution in [0.15, 0.2) is 35.9 Å². The number of carbonyl (C=O) groups is 1. The lowest BCUT2D eigenvalue weighted by Gasteiger charge is -2.02. The Morgan fingerprint density at radius 3 is 2.33 bits per heavy atom. The Hall–Kier alpha value is -1.77. The maximum Gasteiger partial charge on any atom is 0.331 e. The monoisotopic (exact) mass is 249 g/mol. The van der Waals surface area contributed by atoms with E-state index in [-0.39, 0.29) is 0 Å². The van der Waals surface area contributed by atoms with Crippen LogP contribution in [0.4, 0.5) is 5.69 Å². The van der Waals surface area contributed by atoms with Crippen molar-refractivity contribution in [2.75, 3.05) is 5.73 Å². The topological polar surface area (TPSA) is 63.3 Å². The number of benzene rings is 1. The summed E-state index contributed by atoms with van der Waals surface area (Å²) in [5.74, 6) is -0.0464. The summed E-state index contributed by atoms with van der Waals surface area (Å²) in [6, 6.07) is 7.24. The van der Waals surface area contributed by atoms with Gasteiger partial charge in [-0.25, -0.2) is 4.79 Å². The molecule has 0 spiro atoms. The van der Waals surface area contributed by atoms with E-state index in [0.29, 0.717) is 17.7 Å². The van der Waals surface area contributed by atoms with Crippen molar-refractivity contribution in [3.05, 3.63) is 41.5 Å². The van der Waals surface area contributed by atoms with E-state index in [1.165, 1.54) is 0 Å². The van der Waals surface area contributed by atoms with Gasteiger partial charge in [-0.05, 0) is 30.5 Å². The fourth-order valence-corrected chi connectivity index (χ4v) is 1.22. The van der Waals surface area contributed by atoms with Crippen LogP contribution in [0.25, 0.3) is 0 Å². The molecule has 0 saturated carbocycles. The van der Waals surface area contributed by atoms with Gasteiger partial charge in [0.1, 0.15) is 0 Å². The number of carboxylic acids is 1. The predicted octanol–water partition coefficient (Wildman–Crippen LogP) is 3.50. The largest absolute Gasteiger partial charge is 0.478 e. The van der Waals surface area contributed by atoms with E-state index in [1.807, 2.05) is 12.1 Å². The van der Waals surface area contributed by atoms with Crippen LogP contribution in [0.5, 0.6) is 0 Å². The zero-order valence-electron chi connectivity index (χ0n) is 11.6. The molecule has 0 heterocycles. The molecule has 3 nitrogen and oxygen atoms in total. The molecule has 0 aliphatic carbocycles. The van der Waals surface area contributed by atoms with Gasteiger partial charge >= 0.3 is 5.97 Å². The molecular formula is C15H23NO2. The summed E-state index contributed by atoms with van der Waals surface area (Å²) in [6.45, 7) is 8.22. The lowest BCUT2D eigenvalue weighted by molar-refractivity contribution is -0.132. The number of anilines is 1. The number of hydrogen-bond donors (Lipinski definition) is 2. The van der Waals surface area contributed by atoms with Crippen LogP contribution in [0.2, 0.25) is 0 Å². The molecule has 3 heteroatoms. The molecule has 0 fully saturated rings. The summed E-state index contributed by atoms with van der Waals surface area (Å²) in [6.07, 6.45) is 2.02. The molecule has 100 valence electrons. The van der Waals surface area contributed by atoms with Gasteiger partial charge in [-0.2, -0.15) is 0 Å². The van der Waals surface area contributed by atoms with Crippen molar-refractivity contribution in [3.63, 3.8) is 0 Å². The molecule has 1 aromatic rings. The number of rotatable bonds is 3. The van der Waals surface area contributed by atoms with Gasteiger partial charge in [-0.3, -0.25) is 0 Å². The number of aliphatic carboxylic acids is 1. The molecule has 0 radical (unpaired) electrons. The number of nitrogens with two attached hydrogens (primary N) is 1. The van der Waals surface area contributed by atoms with Crippen molar-refractivity contribution in [2.45, 2.75) is 34.1 Å². The van der Waals surface area contributed by atoms with E-state index >= 15 is 0 Å². The Bertz CT molecular complexity index is 406. The molecule has 1 aromatic carbocycles. The molecule has 18 heavy (non-hydrogen) atoms. The van der Waals surface area contributed by atoms with Gasteiger partial charge in [0.25, 0.3) is 0 Å². The minimum atomic E-state index is -0.880. The Labute approximate surface area is 109 Å².